The van der Waals surface area contributed by atoms with E-state index in [1.807, 2.05) is 6.92 Å². The van der Waals surface area contributed by atoms with E-state index in [1.54, 1.807) is 6.07 Å². The molecule has 2 N–H and O–H groups in total. The number of carbonyl (C=O) groups excluding carboxylic acids is 1. The zero-order chi connectivity index (χ0) is 17.1. The Kier molecular flexibility index (Phi) is 9.24. The van der Waals surface area contributed by atoms with E-state index >= 15 is 0 Å². The molecule has 1 atom stereocenters. The Morgan fingerprint density at radius 2 is 1.88 bits per heavy atom. The summed E-state index contributed by atoms with van der Waals surface area (Å²) in [5.74, 6) is -0.935. The quantitative estimate of drug-likeness (QED) is 0.785. The van der Waals surface area contributed by atoms with Crippen LogP contribution in [0.15, 0.2) is 18.2 Å². The number of benzene rings is 1. The first-order valence-corrected chi connectivity index (χ1v) is 8.70. The van der Waals surface area contributed by atoms with Crippen LogP contribution in [0.2, 0.25) is 0 Å². The van der Waals surface area contributed by atoms with E-state index in [2.05, 4.69) is 15.5 Å². The molecule has 2 heterocycles. The van der Waals surface area contributed by atoms with Crippen LogP contribution in [0.25, 0.3) is 0 Å². The standard InChI is InChI=1S/C18H25F2N3O.2ClH/c1-12(14-9-21-10-14)18(24)22-15-4-6-23(7-5-15)11-13-2-3-16(19)17(20)8-13;;/h2-3,8,12,14-15,21H,4-7,9-11H2,1H3,(H,22,24);2*1H. The van der Waals surface area contributed by atoms with Gasteiger partial charge in [-0.3, -0.25) is 9.69 Å². The van der Waals surface area contributed by atoms with Crippen LogP contribution in [-0.2, 0) is 11.3 Å². The molecule has 2 fully saturated rings. The number of carbonyl (C=O) groups is 1. The molecular weight excluding hydrogens is 383 g/mol. The van der Waals surface area contributed by atoms with Crippen LogP contribution in [0.1, 0.15) is 25.3 Å². The highest BCUT2D eigenvalue weighted by Crippen LogP contribution is 2.19. The molecule has 1 aromatic rings. The largest absolute Gasteiger partial charge is 0.353 e. The Labute approximate surface area is 165 Å². The molecule has 4 nitrogen and oxygen atoms in total. The summed E-state index contributed by atoms with van der Waals surface area (Å²) in [5.41, 5.74) is 0.780. The van der Waals surface area contributed by atoms with E-state index in [9.17, 15) is 13.6 Å². The third-order valence-corrected chi connectivity index (χ3v) is 5.26. The molecule has 2 aliphatic heterocycles. The fourth-order valence-electron chi connectivity index (χ4n) is 3.34. The number of hydrogen-bond acceptors (Lipinski definition) is 3. The van der Waals surface area contributed by atoms with Crippen LogP contribution in [-0.4, -0.2) is 43.0 Å². The van der Waals surface area contributed by atoms with Crippen LogP contribution in [0.5, 0.6) is 0 Å². The summed E-state index contributed by atoms with van der Waals surface area (Å²) in [6.07, 6.45) is 1.79. The van der Waals surface area contributed by atoms with Gasteiger partial charge < -0.3 is 10.6 Å². The smallest absolute Gasteiger partial charge is 0.223 e. The maximum atomic E-state index is 13.3. The van der Waals surface area contributed by atoms with Crippen LogP contribution in [0, 0.1) is 23.5 Å². The average molecular weight is 410 g/mol. The van der Waals surface area contributed by atoms with E-state index in [4.69, 9.17) is 0 Å². The van der Waals surface area contributed by atoms with Gasteiger partial charge in [0.15, 0.2) is 11.6 Å². The van der Waals surface area contributed by atoms with Gasteiger partial charge in [-0.2, -0.15) is 0 Å². The van der Waals surface area contributed by atoms with E-state index < -0.39 is 11.6 Å². The molecule has 2 aliphatic rings. The number of piperidine rings is 1. The number of nitrogens with zero attached hydrogens (tertiary/aromatic N) is 1. The number of halogens is 4. The van der Waals surface area contributed by atoms with E-state index in [-0.39, 0.29) is 42.7 Å². The van der Waals surface area contributed by atoms with Crippen molar-refractivity contribution in [1.29, 1.82) is 0 Å². The van der Waals surface area contributed by atoms with Crippen molar-refractivity contribution in [3.63, 3.8) is 0 Å². The van der Waals surface area contributed by atoms with Crippen molar-refractivity contribution in [1.82, 2.24) is 15.5 Å². The molecule has 0 aromatic heterocycles. The molecule has 26 heavy (non-hydrogen) atoms. The molecule has 0 bridgehead atoms. The third-order valence-electron chi connectivity index (χ3n) is 5.26. The van der Waals surface area contributed by atoms with Crippen molar-refractivity contribution in [3.8, 4) is 0 Å². The lowest BCUT2D eigenvalue weighted by molar-refractivity contribution is -0.127. The van der Waals surface area contributed by atoms with Crippen LogP contribution in [0.4, 0.5) is 8.78 Å². The SMILES string of the molecule is CC(C(=O)NC1CCN(Cc2ccc(F)c(F)c2)CC1)C1CNC1.Cl.Cl. The Hall–Kier alpha value is -0.950. The van der Waals surface area contributed by atoms with E-state index in [0.29, 0.717) is 12.5 Å². The topological polar surface area (TPSA) is 44.4 Å². The minimum atomic E-state index is -0.809. The fraction of sp³-hybridized carbons (Fsp3) is 0.611. The molecule has 0 saturated carbocycles. The highest BCUT2D eigenvalue weighted by molar-refractivity contribution is 5.85. The number of rotatable bonds is 5. The minimum absolute atomic E-state index is 0. The van der Waals surface area contributed by atoms with Crippen molar-refractivity contribution in [2.24, 2.45) is 11.8 Å². The fourth-order valence-corrected chi connectivity index (χ4v) is 3.34. The number of amides is 1. The molecule has 3 rings (SSSR count). The molecule has 2 saturated heterocycles. The van der Waals surface area contributed by atoms with Crippen molar-refractivity contribution < 1.29 is 13.6 Å². The summed E-state index contributed by atoms with van der Waals surface area (Å²) in [6, 6.07) is 4.28. The molecule has 0 radical (unpaired) electrons. The predicted octanol–water partition coefficient (Wildman–Crippen LogP) is 2.74. The highest BCUT2D eigenvalue weighted by atomic mass is 35.5. The van der Waals surface area contributed by atoms with E-state index in [0.717, 1.165) is 44.6 Å². The first-order valence-electron chi connectivity index (χ1n) is 8.70. The third kappa shape index (κ3) is 5.78. The highest BCUT2D eigenvalue weighted by Gasteiger charge is 2.30. The lowest BCUT2D eigenvalue weighted by Crippen LogP contribution is -2.52. The van der Waals surface area contributed by atoms with Gasteiger partial charge in [-0.15, -0.1) is 24.8 Å². The molecule has 0 spiro atoms. The van der Waals surface area contributed by atoms with Gasteiger partial charge in [0, 0.05) is 31.6 Å². The van der Waals surface area contributed by atoms with Gasteiger partial charge >= 0.3 is 0 Å². The lowest BCUT2D eigenvalue weighted by Gasteiger charge is -2.35. The monoisotopic (exact) mass is 409 g/mol. The normalized spacial score (nSPS) is 19.7. The maximum Gasteiger partial charge on any atom is 0.223 e. The van der Waals surface area contributed by atoms with Crippen molar-refractivity contribution in [3.05, 3.63) is 35.4 Å². The molecular formula is C18H27Cl2F2N3O. The second-order valence-electron chi connectivity index (χ2n) is 7.01. The molecule has 0 aliphatic carbocycles. The Balaban J connectivity index is 0.00000169. The van der Waals surface area contributed by atoms with E-state index in [1.165, 1.54) is 12.1 Å². The maximum absolute atomic E-state index is 13.3. The second-order valence-corrected chi connectivity index (χ2v) is 7.01. The Morgan fingerprint density at radius 3 is 2.42 bits per heavy atom. The number of hydrogen-bond donors (Lipinski definition) is 2. The molecule has 1 aromatic carbocycles. The Bertz CT molecular complexity index is 594. The van der Waals surface area contributed by atoms with Crippen LogP contribution in [0.3, 0.4) is 0 Å². The van der Waals surface area contributed by atoms with Gasteiger partial charge in [-0.1, -0.05) is 13.0 Å². The first-order chi connectivity index (χ1) is 11.5. The molecule has 1 amide bonds. The molecule has 1 unspecified atom stereocenters. The summed E-state index contributed by atoms with van der Waals surface area (Å²) in [6.45, 7) is 6.18. The van der Waals surface area contributed by atoms with Crippen LogP contribution < -0.4 is 10.6 Å². The molecule has 148 valence electrons. The van der Waals surface area contributed by atoms with Crippen molar-refractivity contribution in [2.75, 3.05) is 26.2 Å². The van der Waals surface area contributed by atoms with Crippen molar-refractivity contribution >= 4 is 30.7 Å². The number of nitrogens with one attached hydrogen (secondary N) is 2. The predicted molar refractivity (Wildman–Crippen MR) is 103 cm³/mol. The van der Waals surface area contributed by atoms with Gasteiger partial charge in [-0.25, -0.2) is 8.78 Å². The first kappa shape index (κ1) is 23.1. The zero-order valence-electron chi connectivity index (χ0n) is 14.8. The van der Waals surface area contributed by atoms with Gasteiger partial charge in [-0.05, 0) is 49.5 Å². The molecule has 8 heteroatoms. The van der Waals surface area contributed by atoms with Gasteiger partial charge in [0.05, 0.1) is 0 Å². The summed E-state index contributed by atoms with van der Waals surface area (Å²) in [7, 11) is 0. The van der Waals surface area contributed by atoms with Gasteiger partial charge in [0.25, 0.3) is 0 Å². The van der Waals surface area contributed by atoms with Crippen molar-refractivity contribution in [2.45, 2.75) is 32.4 Å². The van der Waals surface area contributed by atoms with Crippen LogP contribution >= 0.6 is 24.8 Å². The summed E-state index contributed by atoms with van der Waals surface area (Å²) in [4.78, 5) is 14.5. The summed E-state index contributed by atoms with van der Waals surface area (Å²) < 4.78 is 26.2. The lowest BCUT2D eigenvalue weighted by atomic mass is 9.88. The average Bonchev–Trinajstić information content (AvgIpc) is 2.51. The van der Waals surface area contributed by atoms with Gasteiger partial charge in [0.1, 0.15) is 0 Å². The summed E-state index contributed by atoms with van der Waals surface area (Å²) >= 11 is 0. The second kappa shape index (κ2) is 10.4. The number of likely N-dealkylation sites (tertiary alicyclic amines) is 1. The zero-order valence-corrected chi connectivity index (χ0v) is 16.5. The summed E-state index contributed by atoms with van der Waals surface area (Å²) in [5, 5.41) is 6.37. The Morgan fingerprint density at radius 1 is 1.23 bits per heavy atom. The minimum Gasteiger partial charge on any atom is -0.353 e. The van der Waals surface area contributed by atoms with Gasteiger partial charge in [0.2, 0.25) is 5.91 Å².